The van der Waals surface area contributed by atoms with Crippen LogP contribution in [-0.2, 0) is 9.63 Å². The van der Waals surface area contributed by atoms with Crippen LogP contribution in [0.15, 0.2) is 52.5 Å². The van der Waals surface area contributed by atoms with Crippen molar-refractivity contribution >= 4 is 29.6 Å². The van der Waals surface area contributed by atoms with Crippen LogP contribution in [0.5, 0.6) is 11.5 Å². The number of methoxy groups -OCH3 is 1. The maximum atomic E-state index is 12.3. The first-order chi connectivity index (χ1) is 13.0. The maximum absolute atomic E-state index is 12.3. The van der Waals surface area contributed by atoms with E-state index in [1.54, 1.807) is 23.9 Å². The molecule has 0 heterocycles. The van der Waals surface area contributed by atoms with Gasteiger partial charge in [0.1, 0.15) is 0 Å². The number of anilines is 1. The number of hydrogen-bond donors (Lipinski definition) is 1. The second kappa shape index (κ2) is 10.4. The number of alkyl halides is 2. The average Bonchev–Trinajstić information content (AvgIpc) is 2.66. The van der Waals surface area contributed by atoms with Gasteiger partial charge in [0.15, 0.2) is 18.1 Å². The summed E-state index contributed by atoms with van der Waals surface area (Å²) in [5.74, 6) is -0.314. The number of oxime groups is 1. The van der Waals surface area contributed by atoms with E-state index >= 15 is 0 Å². The smallest absolute Gasteiger partial charge is 0.387 e. The SMILES string of the molecule is COc1cc(/C=N/OCC(=O)Nc2ccc(SC)cc2)ccc1OC(F)F. The summed E-state index contributed by atoms with van der Waals surface area (Å²) in [6.07, 6.45) is 3.30. The Labute approximate surface area is 159 Å². The summed E-state index contributed by atoms with van der Waals surface area (Å²) in [7, 11) is 1.33. The van der Waals surface area contributed by atoms with E-state index in [1.165, 1.54) is 31.5 Å². The summed E-state index contributed by atoms with van der Waals surface area (Å²) in [5, 5.41) is 6.36. The van der Waals surface area contributed by atoms with Crippen molar-refractivity contribution in [2.75, 3.05) is 25.3 Å². The Morgan fingerprint density at radius 3 is 2.59 bits per heavy atom. The van der Waals surface area contributed by atoms with Gasteiger partial charge in [-0.1, -0.05) is 5.16 Å². The molecular formula is C18H18F2N2O4S. The van der Waals surface area contributed by atoms with Gasteiger partial charge in [-0.3, -0.25) is 4.79 Å². The minimum absolute atomic E-state index is 0.0857. The van der Waals surface area contributed by atoms with Crippen molar-refractivity contribution in [3.8, 4) is 11.5 Å². The Bertz CT molecular complexity index is 785. The minimum atomic E-state index is -2.95. The molecule has 27 heavy (non-hydrogen) atoms. The van der Waals surface area contributed by atoms with Crippen LogP contribution < -0.4 is 14.8 Å². The molecule has 0 atom stereocenters. The number of halogens is 2. The predicted octanol–water partition coefficient (Wildman–Crippen LogP) is 4.01. The van der Waals surface area contributed by atoms with Gasteiger partial charge in [-0.15, -0.1) is 11.8 Å². The van der Waals surface area contributed by atoms with Crippen LogP contribution in [0.1, 0.15) is 5.56 Å². The molecule has 0 bridgehead atoms. The van der Waals surface area contributed by atoms with E-state index in [4.69, 9.17) is 9.57 Å². The van der Waals surface area contributed by atoms with Crippen LogP contribution in [0.4, 0.5) is 14.5 Å². The van der Waals surface area contributed by atoms with Gasteiger partial charge in [-0.25, -0.2) is 0 Å². The van der Waals surface area contributed by atoms with Gasteiger partial charge >= 0.3 is 6.61 Å². The lowest BCUT2D eigenvalue weighted by Crippen LogP contribution is -2.16. The highest BCUT2D eigenvalue weighted by molar-refractivity contribution is 7.98. The van der Waals surface area contributed by atoms with Gasteiger partial charge in [0.2, 0.25) is 0 Å². The fourth-order valence-corrected chi connectivity index (χ4v) is 2.43. The molecule has 0 spiro atoms. The third kappa shape index (κ3) is 6.78. The number of carbonyl (C=O) groups excluding carboxylic acids is 1. The highest BCUT2D eigenvalue weighted by Gasteiger charge is 2.10. The molecule has 0 unspecified atom stereocenters. The molecular weight excluding hydrogens is 378 g/mol. The first-order valence-electron chi connectivity index (χ1n) is 7.74. The minimum Gasteiger partial charge on any atom is -0.493 e. The first-order valence-corrected chi connectivity index (χ1v) is 8.96. The molecule has 0 aliphatic rings. The maximum Gasteiger partial charge on any atom is 0.387 e. The highest BCUT2D eigenvalue weighted by atomic mass is 32.2. The Morgan fingerprint density at radius 1 is 1.22 bits per heavy atom. The zero-order valence-corrected chi connectivity index (χ0v) is 15.5. The molecule has 0 radical (unpaired) electrons. The third-order valence-electron chi connectivity index (χ3n) is 3.25. The third-order valence-corrected chi connectivity index (χ3v) is 3.99. The Morgan fingerprint density at radius 2 is 1.96 bits per heavy atom. The number of ether oxygens (including phenoxy) is 2. The molecule has 0 aromatic heterocycles. The molecule has 0 fully saturated rings. The number of hydrogen-bond acceptors (Lipinski definition) is 6. The largest absolute Gasteiger partial charge is 0.493 e. The van der Waals surface area contributed by atoms with Crippen molar-refractivity contribution in [1.29, 1.82) is 0 Å². The van der Waals surface area contributed by atoms with Crippen LogP contribution in [0.25, 0.3) is 0 Å². The molecule has 0 saturated carbocycles. The normalized spacial score (nSPS) is 10.9. The van der Waals surface area contributed by atoms with Crippen LogP contribution in [-0.4, -0.2) is 38.7 Å². The molecule has 1 N–H and O–H groups in total. The van der Waals surface area contributed by atoms with E-state index in [9.17, 15) is 13.6 Å². The molecule has 0 aliphatic heterocycles. The van der Waals surface area contributed by atoms with Crippen molar-refractivity contribution in [2.24, 2.45) is 5.16 Å². The van der Waals surface area contributed by atoms with Gasteiger partial charge in [-0.2, -0.15) is 8.78 Å². The van der Waals surface area contributed by atoms with Crippen LogP contribution in [0, 0.1) is 0 Å². The predicted molar refractivity (Wildman–Crippen MR) is 100 cm³/mol. The monoisotopic (exact) mass is 396 g/mol. The van der Waals surface area contributed by atoms with E-state index < -0.39 is 6.61 Å². The number of carbonyl (C=O) groups is 1. The number of thioether (sulfide) groups is 1. The van der Waals surface area contributed by atoms with Crippen molar-refractivity contribution in [3.05, 3.63) is 48.0 Å². The Kier molecular flexibility index (Phi) is 7.87. The summed E-state index contributed by atoms with van der Waals surface area (Å²) < 4.78 is 33.9. The standard InChI is InChI=1S/C18H18F2N2O4S/c1-24-16-9-12(3-8-15(16)26-18(19)20)10-21-25-11-17(23)22-13-4-6-14(27-2)7-5-13/h3-10,18H,11H2,1-2H3,(H,22,23)/b21-10+. The van der Waals surface area contributed by atoms with Crippen molar-refractivity contribution in [2.45, 2.75) is 11.5 Å². The number of rotatable bonds is 9. The summed E-state index contributed by atoms with van der Waals surface area (Å²) in [5.41, 5.74) is 1.19. The van der Waals surface area contributed by atoms with Crippen LogP contribution >= 0.6 is 11.8 Å². The van der Waals surface area contributed by atoms with Gasteiger partial charge in [-0.05, 0) is 48.7 Å². The van der Waals surface area contributed by atoms with Crippen LogP contribution in [0.3, 0.4) is 0 Å². The topological polar surface area (TPSA) is 69.2 Å². The quantitative estimate of drug-likeness (QED) is 0.394. The number of benzene rings is 2. The molecule has 2 rings (SSSR count). The second-order valence-corrected chi connectivity index (χ2v) is 5.95. The van der Waals surface area contributed by atoms with Crippen molar-refractivity contribution < 1.29 is 27.9 Å². The van der Waals surface area contributed by atoms with Crippen molar-refractivity contribution in [1.82, 2.24) is 0 Å². The summed E-state index contributed by atoms with van der Waals surface area (Å²) in [4.78, 5) is 17.8. The number of nitrogens with one attached hydrogen (secondary N) is 1. The van der Waals surface area contributed by atoms with E-state index in [-0.39, 0.29) is 24.0 Å². The molecule has 9 heteroatoms. The van der Waals surface area contributed by atoms with Crippen molar-refractivity contribution in [3.63, 3.8) is 0 Å². The number of amides is 1. The highest BCUT2D eigenvalue weighted by Crippen LogP contribution is 2.28. The van der Waals surface area contributed by atoms with E-state index in [0.29, 0.717) is 11.3 Å². The first kappa shape index (κ1) is 20.5. The Hall–Kier alpha value is -2.81. The average molecular weight is 396 g/mol. The van der Waals surface area contributed by atoms with E-state index in [1.807, 2.05) is 18.4 Å². The summed E-state index contributed by atoms with van der Waals surface area (Å²) >= 11 is 1.61. The molecule has 0 aliphatic carbocycles. The van der Waals surface area contributed by atoms with Crippen LogP contribution in [0.2, 0.25) is 0 Å². The fourth-order valence-electron chi connectivity index (χ4n) is 2.02. The van der Waals surface area contributed by atoms with E-state index in [0.717, 1.165) is 4.90 Å². The molecule has 0 saturated heterocycles. The van der Waals surface area contributed by atoms with E-state index in [2.05, 4.69) is 15.2 Å². The van der Waals surface area contributed by atoms with Gasteiger partial charge in [0, 0.05) is 16.1 Å². The number of nitrogens with zero attached hydrogens (tertiary/aromatic N) is 1. The Balaban J connectivity index is 1.84. The van der Waals surface area contributed by atoms with Gasteiger partial charge in [0.05, 0.1) is 13.3 Å². The fraction of sp³-hybridized carbons (Fsp3) is 0.222. The molecule has 2 aromatic rings. The zero-order chi connectivity index (χ0) is 19.6. The molecule has 1 amide bonds. The lowest BCUT2D eigenvalue weighted by Gasteiger charge is -2.09. The lowest BCUT2D eigenvalue weighted by atomic mass is 10.2. The van der Waals surface area contributed by atoms with Gasteiger partial charge in [0.25, 0.3) is 5.91 Å². The molecule has 144 valence electrons. The summed E-state index contributed by atoms with van der Waals surface area (Å²) in [6.45, 7) is -3.22. The summed E-state index contributed by atoms with van der Waals surface area (Å²) in [6, 6.07) is 11.7. The second-order valence-electron chi connectivity index (χ2n) is 5.07. The molecule has 6 nitrogen and oxygen atoms in total. The zero-order valence-electron chi connectivity index (χ0n) is 14.6. The van der Waals surface area contributed by atoms with Gasteiger partial charge < -0.3 is 19.6 Å². The lowest BCUT2D eigenvalue weighted by molar-refractivity contribution is -0.120. The molecule has 2 aromatic carbocycles.